The van der Waals surface area contributed by atoms with Crippen LogP contribution in [0.1, 0.15) is 44.9 Å². The van der Waals surface area contributed by atoms with Crippen LogP contribution in [0.2, 0.25) is 0 Å². The Balaban J connectivity index is 1.65. The number of carbonyl (C=O) groups excluding carboxylic acids is 2. The van der Waals surface area contributed by atoms with Gasteiger partial charge in [-0.15, -0.1) is 11.3 Å². The van der Waals surface area contributed by atoms with E-state index in [0.29, 0.717) is 6.54 Å². The summed E-state index contributed by atoms with van der Waals surface area (Å²) in [6.45, 7) is 4.56. The third-order valence-electron chi connectivity index (χ3n) is 4.04. The van der Waals surface area contributed by atoms with Crippen molar-refractivity contribution in [3.63, 3.8) is 0 Å². The average Bonchev–Trinajstić information content (AvgIpc) is 2.95. The second kappa shape index (κ2) is 9.37. The van der Waals surface area contributed by atoms with E-state index in [0.717, 1.165) is 33.9 Å². The minimum atomic E-state index is -0.0623. The highest BCUT2D eigenvalue weighted by atomic mass is 32.1. The van der Waals surface area contributed by atoms with E-state index in [1.165, 1.54) is 5.56 Å². The molecule has 0 fully saturated rings. The maximum Gasteiger partial charge on any atom is 0.220 e. The number of amides is 1. The van der Waals surface area contributed by atoms with Crippen molar-refractivity contribution in [2.75, 3.05) is 13.7 Å². The van der Waals surface area contributed by atoms with Gasteiger partial charge in [-0.25, -0.2) is 0 Å². The first-order valence-corrected chi connectivity index (χ1v) is 9.31. The van der Waals surface area contributed by atoms with Gasteiger partial charge in [0.2, 0.25) is 5.91 Å². The molecule has 0 aliphatic rings. The maximum atomic E-state index is 12.2. The molecular weight excluding hydrogens is 334 g/mol. The Morgan fingerprint density at radius 2 is 1.84 bits per heavy atom. The molecule has 2 rings (SSSR count). The van der Waals surface area contributed by atoms with Crippen LogP contribution in [0.15, 0.2) is 30.3 Å². The number of benzene rings is 1. The van der Waals surface area contributed by atoms with Crippen LogP contribution >= 0.6 is 11.3 Å². The van der Waals surface area contributed by atoms with Gasteiger partial charge in [0.25, 0.3) is 0 Å². The lowest BCUT2D eigenvalue weighted by Gasteiger charge is -2.06. The molecule has 0 atom stereocenters. The van der Waals surface area contributed by atoms with E-state index in [1.807, 2.05) is 44.2 Å². The standard InChI is InChI=1S/C20H25NO3S/c1-14-13-18(15(2)25-14)19(22)10-11-20(23)21-12-4-5-16-6-8-17(24-3)9-7-16/h6-9,13H,4-5,10-12H2,1-3H3,(H,21,23). The smallest absolute Gasteiger partial charge is 0.220 e. The molecule has 0 unspecified atom stereocenters. The fraction of sp³-hybridized carbons (Fsp3) is 0.400. The first kappa shape index (κ1) is 19.2. The molecule has 1 aromatic heterocycles. The molecule has 1 amide bonds. The topological polar surface area (TPSA) is 55.4 Å². The third kappa shape index (κ3) is 6.02. The summed E-state index contributed by atoms with van der Waals surface area (Å²) in [5.74, 6) is 0.834. The average molecular weight is 359 g/mol. The molecule has 0 aliphatic heterocycles. The summed E-state index contributed by atoms with van der Waals surface area (Å²) in [4.78, 5) is 26.2. The summed E-state index contributed by atoms with van der Waals surface area (Å²) in [6, 6.07) is 9.85. The SMILES string of the molecule is COc1ccc(CCCNC(=O)CCC(=O)c2cc(C)sc2C)cc1. The highest BCUT2D eigenvalue weighted by Gasteiger charge is 2.13. The number of methoxy groups -OCH3 is 1. The summed E-state index contributed by atoms with van der Waals surface area (Å²) in [7, 11) is 1.65. The van der Waals surface area contributed by atoms with Crippen molar-refractivity contribution in [3.05, 3.63) is 51.2 Å². The van der Waals surface area contributed by atoms with E-state index in [9.17, 15) is 9.59 Å². The summed E-state index contributed by atoms with van der Waals surface area (Å²) < 4.78 is 5.13. The van der Waals surface area contributed by atoms with Gasteiger partial charge in [0.05, 0.1) is 7.11 Å². The van der Waals surface area contributed by atoms with Crippen LogP contribution in [0.5, 0.6) is 5.75 Å². The van der Waals surface area contributed by atoms with Crippen LogP contribution in [0.25, 0.3) is 0 Å². The van der Waals surface area contributed by atoms with Crippen molar-refractivity contribution >= 4 is 23.0 Å². The second-order valence-corrected chi connectivity index (χ2v) is 7.51. The Morgan fingerprint density at radius 1 is 1.12 bits per heavy atom. The van der Waals surface area contributed by atoms with Gasteiger partial charge in [-0.1, -0.05) is 12.1 Å². The molecule has 0 radical (unpaired) electrons. The summed E-state index contributed by atoms with van der Waals surface area (Å²) in [6.07, 6.45) is 2.28. The lowest BCUT2D eigenvalue weighted by molar-refractivity contribution is -0.121. The molecule has 25 heavy (non-hydrogen) atoms. The highest BCUT2D eigenvalue weighted by molar-refractivity contribution is 7.12. The quantitative estimate of drug-likeness (QED) is 0.542. The molecule has 5 heteroatoms. The number of Topliss-reactive ketones (excluding diaryl/α,β-unsaturated/α-hetero) is 1. The summed E-state index contributed by atoms with van der Waals surface area (Å²) in [5.41, 5.74) is 1.98. The van der Waals surface area contributed by atoms with Gasteiger partial charge in [-0.3, -0.25) is 9.59 Å². The zero-order chi connectivity index (χ0) is 18.2. The maximum absolute atomic E-state index is 12.2. The molecule has 4 nitrogen and oxygen atoms in total. The Kier molecular flexibility index (Phi) is 7.19. The van der Waals surface area contributed by atoms with Crippen LogP contribution in [-0.2, 0) is 11.2 Å². The van der Waals surface area contributed by atoms with Gasteiger partial charge in [0.15, 0.2) is 5.78 Å². The third-order valence-corrected chi connectivity index (χ3v) is 5.01. The van der Waals surface area contributed by atoms with E-state index < -0.39 is 0 Å². The Morgan fingerprint density at radius 3 is 2.44 bits per heavy atom. The minimum Gasteiger partial charge on any atom is -0.497 e. The first-order valence-electron chi connectivity index (χ1n) is 8.49. The number of hydrogen-bond acceptors (Lipinski definition) is 4. The number of aryl methyl sites for hydroxylation is 3. The van der Waals surface area contributed by atoms with E-state index in [2.05, 4.69) is 5.32 Å². The minimum absolute atomic E-state index is 0.0511. The van der Waals surface area contributed by atoms with Crippen LogP contribution in [-0.4, -0.2) is 25.3 Å². The monoisotopic (exact) mass is 359 g/mol. The fourth-order valence-corrected chi connectivity index (χ4v) is 3.61. The molecule has 0 spiro atoms. The van der Waals surface area contributed by atoms with Gasteiger partial charge in [0.1, 0.15) is 5.75 Å². The van der Waals surface area contributed by atoms with Crippen LogP contribution in [0, 0.1) is 13.8 Å². The van der Waals surface area contributed by atoms with Crippen molar-refractivity contribution in [2.24, 2.45) is 0 Å². The molecule has 0 bridgehead atoms. The molecule has 0 saturated heterocycles. The molecule has 0 aliphatic carbocycles. The van der Waals surface area contributed by atoms with Crippen molar-refractivity contribution in [3.8, 4) is 5.75 Å². The second-order valence-electron chi connectivity index (χ2n) is 6.05. The van der Waals surface area contributed by atoms with E-state index >= 15 is 0 Å². The van der Waals surface area contributed by atoms with Gasteiger partial charge in [-0.2, -0.15) is 0 Å². The van der Waals surface area contributed by atoms with Crippen LogP contribution < -0.4 is 10.1 Å². The van der Waals surface area contributed by atoms with E-state index in [-0.39, 0.29) is 24.5 Å². The van der Waals surface area contributed by atoms with Gasteiger partial charge in [-0.05, 0) is 50.5 Å². The van der Waals surface area contributed by atoms with Crippen molar-refractivity contribution < 1.29 is 14.3 Å². The number of carbonyl (C=O) groups is 2. The number of ether oxygens (including phenoxy) is 1. The lowest BCUT2D eigenvalue weighted by Crippen LogP contribution is -2.25. The lowest BCUT2D eigenvalue weighted by atomic mass is 10.1. The predicted octanol–water partition coefficient (Wildman–Crippen LogP) is 4.09. The summed E-state index contributed by atoms with van der Waals surface area (Å²) >= 11 is 1.62. The zero-order valence-corrected chi connectivity index (χ0v) is 15.9. The Labute approximate surface area is 153 Å². The number of nitrogens with one attached hydrogen (secondary N) is 1. The molecular formula is C20H25NO3S. The molecule has 1 aromatic carbocycles. The Bertz CT molecular complexity index is 719. The number of hydrogen-bond donors (Lipinski definition) is 1. The van der Waals surface area contributed by atoms with Crippen molar-refractivity contribution in [1.29, 1.82) is 0 Å². The largest absolute Gasteiger partial charge is 0.497 e. The molecule has 0 saturated carbocycles. The molecule has 134 valence electrons. The number of thiophene rings is 1. The molecule has 1 heterocycles. The van der Waals surface area contributed by atoms with Crippen LogP contribution in [0.4, 0.5) is 0 Å². The Hall–Kier alpha value is -2.14. The first-order chi connectivity index (χ1) is 12.0. The van der Waals surface area contributed by atoms with Gasteiger partial charge in [0, 0.05) is 34.7 Å². The molecule has 2 aromatic rings. The molecule has 1 N–H and O–H groups in total. The van der Waals surface area contributed by atoms with Gasteiger partial charge >= 0.3 is 0 Å². The number of rotatable bonds is 9. The van der Waals surface area contributed by atoms with Crippen molar-refractivity contribution in [1.82, 2.24) is 5.32 Å². The highest BCUT2D eigenvalue weighted by Crippen LogP contribution is 2.22. The van der Waals surface area contributed by atoms with E-state index in [4.69, 9.17) is 4.74 Å². The van der Waals surface area contributed by atoms with Gasteiger partial charge < -0.3 is 10.1 Å². The zero-order valence-electron chi connectivity index (χ0n) is 15.1. The normalized spacial score (nSPS) is 10.5. The number of ketones is 1. The fourth-order valence-electron chi connectivity index (χ4n) is 2.67. The van der Waals surface area contributed by atoms with Crippen molar-refractivity contribution in [2.45, 2.75) is 39.5 Å². The van der Waals surface area contributed by atoms with Crippen LogP contribution in [0.3, 0.4) is 0 Å². The van der Waals surface area contributed by atoms with E-state index in [1.54, 1.807) is 18.4 Å². The predicted molar refractivity (Wildman–Crippen MR) is 102 cm³/mol. The summed E-state index contributed by atoms with van der Waals surface area (Å²) in [5, 5.41) is 2.89.